The summed E-state index contributed by atoms with van der Waals surface area (Å²) in [5, 5.41) is 12.4. The van der Waals surface area contributed by atoms with Crippen LogP contribution in [0.2, 0.25) is 0 Å². The van der Waals surface area contributed by atoms with E-state index in [0.29, 0.717) is 35.1 Å². The van der Waals surface area contributed by atoms with Crippen LogP contribution in [0.3, 0.4) is 0 Å². The Balaban J connectivity index is 1.28. The molecule has 11 heteroatoms. The van der Waals surface area contributed by atoms with Crippen LogP contribution >= 0.6 is 0 Å². The number of halogens is 1. The Bertz CT molecular complexity index is 1380. The van der Waals surface area contributed by atoms with E-state index < -0.39 is 0 Å². The molecule has 0 radical (unpaired) electrons. The van der Waals surface area contributed by atoms with E-state index in [1.807, 2.05) is 32.0 Å². The molecule has 1 aliphatic heterocycles. The van der Waals surface area contributed by atoms with Crippen molar-refractivity contribution in [3.8, 4) is 11.4 Å². The lowest BCUT2D eigenvalue weighted by Gasteiger charge is -2.30. The van der Waals surface area contributed by atoms with E-state index in [4.69, 9.17) is 4.98 Å². The second-order valence-electron chi connectivity index (χ2n) is 9.60. The highest BCUT2D eigenvalue weighted by molar-refractivity contribution is 5.95. The van der Waals surface area contributed by atoms with Gasteiger partial charge in [0, 0.05) is 37.3 Å². The molecule has 4 aromatic heterocycles. The summed E-state index contributed by atoms with van der Waals surface area (Å²) < 4.78 is 14.4. The minimum absolute atomic E-state index is 0.100. The van der Waals surface area contributed by atoms with Gasteiger partial charge in [0.25, 0.3) is 0 Å². The summed E-state index contributed by atoms with van der Waals surface area (Å²) in [6.45, 7) is 5.86. The highest BCUT2D eigenvalue weighted by atomic mass is 19.1. The number of likely N-dealkylation sites (tertiary alicyclic amines) is 1. The zero-order chi connectivity index (χ0) is 25.8. The topological polar surface area (TPSA) is 115 Å². The number of carbonyl (C=O) groups is 1. The van der Waals surface area contributed by atoms with Crippen LogP contribution in [0, 0.1) is 0 Å². The third-order valence-electron chi connectivity index (χ3n) is 6.43. The maximum absolute atomic E-state index is 12.9. The normalized spacial score (nSPS) is 14.9. The lowest BCUT2D eigenvalue weighted by atomic mass is 10.1. The predicted molar refractivity (Wildman–Crippen MR) is 138 cm³/mol. The third kappa shape index (κ3) is 5.93. The molecule has 0 saturated carbocycles. The molecule has 5 rings (SSSR count). The number of aromatic nitrogens is 7. The Kier molecular flexibility index (Phi) is 7.40. The van der Waals surface area contributed by atoms with E-state index in [1.165, 1.54) is 0 Å². The zero-order valence-electron chi connectivity index (χ0n) is 21.0. The van der Waals surface area contributed by atoms with Crippen molar-refractivity contribution in [2.75, 3.05) is 31.6 Å². The summed E-state index contributed by atoms with van der Waals surface area (Å²) in [4.78, 5) is 33.1. The van der Waals surface area contributed by atoms with Crippen LogP contribution in [0.4, 0.5) is 10.2 Å². The van der Waals surface area contributed by atoms with Gasteiger partial charge in [0.05, 0.1) is 48.0 Å². The smallest absolute Gasteiger partial charge is 0.190 e. The van der Waals surface area contributed by atoms with Crippen LogP contribution in [-0.4, -0.2) is 78.0 Å². The van der Waals surface area contributed by atoms with Crippen LogP contribution in [0.15, 0.2) is 43.0 Å². The van der Waals surface area contributed by atoms with Gasteiger partial charge in [-0.15, -0.1) is 5.10 Å². The molecule has 0 spiro atoms. The van der Waals surface area contributed by atoms with Gasteiger partial charge in [-0.1, -0.05) is 5.21 Å². The molecule has 0 atom stereocenters. The molecule has 0 bridgehead atoms. The van der Waals surface area contributed by atoms with Gasteiger partial charge in [-0.2, -0.15) is 0 Å². The Morgan fingerprint density at radius 2 is 1.97 bits per heavy atom. The molecule has 1 fully saturated rings. The molecule has 0 unspecified atom stereocenters. The van der Waals surface area contributed by atoms with Gasteiger partial charge >= 0.3 is 0 Å². The number of Topliss-reactive ketones (excluding diaryl/α,β-unsaturated/α-hetero) is 1. The number of pyridine rings is 2. The fraction of sp³-hybridized carbons (Fsp3) is 0.423. The molecule has 10 nitrogen and oxygen atoms in total. The van der Waals surface area contributed by atoms with Crippen molar-refractivity contribution in [2.24, 2.45) is 0 Å². The summed E-state index contributed by atoms with van der Waals surface area (Å²) in [6.07, 6.45) is 8.62. The fourth-order valence-corrected chi connectivity index (χ4v) is 4.52. The Morgan fingerprint density at radius 1 is 1.14 bits per heavy atom. The number of rotatable bonds is 9. The molecule has 0 aromatic carbocycles. The van der Waals surface area contributed by atoms with E-state index in [9.17, 15) is 9.18 Å². The maximum atomic E-state index is 12.9. The third-order valence-corrected chi connectivity index (χ3v) is 6.43. The van der Waals surface area contributed by atoms with Gasteiger partial charge in [0.1, 0.15) is 23.9 Å². The molecular weight excluding hydrogens is 473 g/mol. The van der Waals surface area contributed by atoms with E-state index >= 15 is 0 Å². The van der Waals surface area contributed by atoms with Crippen molar-refractivity contribution in [2.45, 2.75) is 45.2 Å². The van der Waals surface area contributed by atoms with Crippen molar-refractivity contribution >= 4 is 22.5 Å². The summed E-state index contributed by atoms with van der Waals surface area (Å²) in [5.74, 6) is 0.538. The maximum Gasteiger partial charge on any atom is 0.190 e. The molecular formula is C26H30FN9O. The lowest BCUT2D eigenvalue weighted by molar-refractivity contribution is 0.0987. The largest absolute Gasteiger partial charge is 0.367 e. The number of ketones is 1. The number of nitrogens with zero attached hydrogens (tertiary/aromatic N) is 8. The van der Waals surface area contributed by atoms with Gasteiger partial charge in [-0.05, 0) is 44.9 Å². The molecule has 4 aromatic rings. The highest BCUT2D eigenvalue weighted by Gasteiger charge is 2.23. The van der Waals surface area contributed by atoms with Gasteiger partial charge in [0.15, 0.2) is 5.78 Å². The first-order chi connectivity index (χ1) is 18.0. The number of nitrogens with one attached hydrogen (secondary N) is 1. The van der Waals surface area contributed by atoms with Crippen LogP contribution in [0.1, 0.15) is 48.9 Å². The molecule has 1 N–H and O–H groups in total. The number of carbonyl (C=O) groups excluding carboxylic acids is 1. The predicted octanol–water partition coefficient (Wildman–Crippen LogP) is 3.53. The SMILES string of the molecule is CC(C)Nc1cncc(-c2ccc3cnc(CC(=O)c4cn(C5CCN(CCF)CC5)nn4)cc3n2)n1. The van der Waals surface area contributed by atoms with Gasteiger partial charge in [-0.25, -0.2) is 19.0 Å². The van der Waals surface area contributed by atoms with Crippen LogP contribution < -0.4 is 5.32 Å². The van der Waals surface area contributed by atoms with Crippen LogP contribution in [0.25, 0.3) is 22.3 Å². The first-order valence-corrected chi connectivity index (χ1v) is 12.6. The average Bonchev–Trinajstić information content (AvgIpc) is 3.39. The van der Waals surface area contributed by atoms with E-state index in [-0.39, 0.29) is 31.0 Å². The summed E-state index contributed by atoms with van der Waals surface area (Å²) in [6, 6.07) is 6.06. The van der Waals surface area contributed by atoms with E-state index in [2.05, 4.69) is 35.5 Å². The first kappa shape index (κ1) is 24.8. The summed E-state index contributed by atoms with van der Waals surface area (Å²) >= 11 is 0. The minimum atomic E-state index is -0.330. The Morgan fingerprint density at radius 3 is 2.76 bits per heavy atom. The number of anilines is 1. The lowest BCUT2D eigenvalue weighted by Crippen LogP contribution is -2.36. The minimum Gasteiger partial charge on any atom is -0.367 e. The molecule has 1 saturated heterocycles. The number of alkyl halides is 1. The standard InChI is InChI=1S/C26H30FN9O/c1-17(2)30-26-15-28-14-23(32-26)21-4-3-18-13-29-19(11-22(18)31-21)12-25(37)24-16-36(34-33-24)20-5-8-35(9-6-20)10-7-27/h3-4,11,13-17,20H,5-10,12H2,1-2H3,(H,30,32). The van der Waals surface area contributed by atoms with Crippen molar-refractivity contribution in [3.05, 3.63) is 54.4 Å². The number of piperidine rings is 1. The van der Waals surface area contributed by atoms with Crippen LogP contribution in [-0.2, 0) is 6.42 Å². The fourth-order valence-electron chi connectivity index (χ4n) is 4.52. The molecule has 37 heavy (non-hydrogen) atoms. The first-order valence-electron chi connectivity index (χ1n) is 12.6. The van der Waals surface area contributed by atoms with Crippen molar-refractivity contribution in [1.82, 2.24) is 39.8 Å². The van der Waals surface area contributed by atoms with Crippen molar-refractivity contribution in [1.29, 1.82) is 0 Å². The molecule has 1 aliphatic rings. The van der Waals surface area contributed by atoms with Gasteiger partial charge < -0.3 is 10.2 Å². The van der Waals surface area contributed by atoms with Gasteiger partial charge in [-0.3, -0.25) is 14.8 Å². The molecule has 5 heterocycles. The highest BCUT2D eigenvalue weighted by Crippen LogP contribution is 2.23. The molecule has 192 valence electrons. The number of hydrogen-bond acceptors (Lipinski definition) is 9. The van der Waals surface area contributed by atoms with E-state index in [1.54, 1.807) is 29.5 Å². The monoisotopic (exact) mass is 503 g/mol. The van der Waals surface area contributed by atoms with Gasteiger partial charge in [0.2, 0.25) is 0 Å². The van der Waals surface area contributed by atoms with Crippen molar-refractivity contribution in [3.63, 3.8) is 0 Å². The number of hydrogen-bond donors (Lipinski definition) is 1. The molecule has 0 amide bonds. The second-order valence-corrected chi connectivity index (χ2v) is 9.60. The Hall–Kier alpha value is -3.86. The quantitative estimate of drug-likeness (QED) is 0.343. The van der Waals surface area contributed by atoms with E-state index in [0.717, 1.165) is 36.8 Å². The summed E-state index contributed by atoms with van der Waals surface area (Å²) in [5.41, 5.74) is 3.01. The zero-order valence-corrected chi connectivity index (χ0v) is 21.0. The number of fused-ring (bicyclic) bond motifs is 1. The second kappa shape index (κ2) is 11.0. The Labute approximate surface area is 214 Å². The summed E-state index contributed by atoms with van der Waals surface area (Å²) in [7, 11) is 0. The van der Waals surface area contributed by atoms with Crippen molar-refractivity contribution < 1.29 is 9.18 Å². The van der Waals surface area contributed by atoms with Crippen LogP contribution in [0.5, 0.6) is 0 Å². The molecule has 0 aliphatic carbocycles. The average molecular weight is 504 g/mol.